The van der Waals surface area contributed by atoms with Gasteiger partial charge in [-0.25, -0.2) is 4.79 Å². The Bertz CT molecular complexity index is 885. The summed E-state index contributed by atoms with van der Waals surface area (Å²) in [5.41, 5.74) is 7.85. The molecule has 9 nitrogen and oxygen atoms in total. The molecule has 0 heterocycles. The maximum atomic E-state index is 12.0. The summed E-state index contributed by atoms with van der Waals surface area (Å²) < 4.78 is 41.9. The van der Waals surface area contributed by atoms with Crippen molar-refractivity contribution < 1.29 is 42.1 Å². The third kappa shape index (κ3) is 11.3. The topological polar surface area (TPSA) is 140 Å². The number of methoxy groups -OCH3 is 2. The zero-order valence-corrected chi connectivity index (χ0v) is 19.2. The van der Waals surface area contributed by atoms with Crippen molar-refractivity contribution in [3.63, 3.8) is 0 Å². The van der Waals surface area contributed by atoms with Crippen molar-refractivity contribution in [1.29, 1.82) is 0 Å². The zero-order valence-electron chi connectivity index (χ0n) is 19.2. The number of alkyl halides is 3. The lowest BCUT2D eigenvalue weighted by Crippen LogP contribution is -2.51. The molecule has 0 spiro atoms. The number of benzene rings is 2. The predicted octanol–water partition coefficient (Wildman–Crippen LogP) is 1.68. The van der Waals surface area contributed by atoms with Crippen molar-refractivity contribution >= 4 is 17.8 Å². The highest BCUT2D eigenvalue weighted by molar-refractivity contribution is 6.04. The van der Waals surface area contributed by atoms with Crippen LogP contribution in [-0.2, 0) is 27.2 Å². The Morgan fingerprint density at radius 2 is 1.14 bits per heavy atom. The van der Waals surface area contributed by atoms with E-state index in [0.717, 1.165) is 22.6 Å². The van der Waals surface area contributed by atoms with Crippen LogP contribution in [0.4, 0.5) is 13.2 Å². The van der Waals surface area contributed by atoms with Gasteiger partial charge in [-0.15, -0.1) is 0 Å². The van der Waals surface area contributed by atoms with Crippen LogP contribution in [0.15, 0.2) is 48.5 Å². The largest absolute Gasteiger partial charge is 0.497 e. The summed E-state index contributed by atoms with van der Waals surface area (Å²) in [6.07, 6.45) is -3.80. The Balaban J connectivity index is 0.000000762. The zero-order chi connectivity index (χ0) is 26.4. The minimum absolute atomic E-state index is 0.401. The average Bonchev–Trinajstić information content (AvgIpc) is 2.84. The van der Waals surface area contributed by atoms with Crippen LogP contribution >= 0.6 is 0 Å². The molecule has 0 unspecified atom stereocenters. The summed E-state index contributed by atoms with van der Waals surface area (Å²) in [6, 6.07) is 13.9. The van der Waals surface area contributed by atoms with Crippen LogP contribution in [0.2, 0.25) is 0 Å². The standard InChI is InChI=1S/C21H27N3O4.C2HF3O2/c1-27-17-7-3-15(4-8-17)11-13-23-20(25)19(22)21(26)24-14-12-16-5-9-18(28-2)10-6-16;3-2(4,5)1(6)7/h3-10,19H,11-14,22H2,1-2H3,(H,23,25)(H,24,26);(H,6,7). The molecule has 2 rings (SSSR count). The minimum Gasteiger partial charge on any atom is -0.497 e. The van der Waals surface area contributed by atoms with Crippen LogP contribution in [-0.4, -0.2) is 62.4 Å². The first-order valence-electron chi connectivity index (χ1n) is 10.3. The van der Waals surface area contributed by atoms with E-state index >= 15 is 0 Å². The molecule has 2 amide bonds. The molecule has 0 bridgehead atoms. The van der Waals surface area contributed by atoms with Crippen LogP contribution in [0.1, 0.15) is 11.1 Å². The van der Waals surface area contributed by atoms with Crippen molar-refractivity contribution in [2.75, 3.05) is 27.3 Å². The summed E-state index contributed by atoms with van der Waals surface area (Å²) in [6.45, 7) is 0.802. The van der Waals surface area contributed by atoms with Gasteiger partial charge in [0.25, 0.3) is 0 Å². The first kappa shape index (κ1) is 29.2. The smallest absolute Gasteiger partial charge is 0.490 e. The van der Waals surface area contributed by atoms with Crippen LogP contribution in [0.3, 0.4) is 0 Å². The van der Waals surface area contributed by atoms with Crippen molar-refractivity contribution in [1.82, 2.24) is 10.6 Å². The van der Waals surface area contributed by atoms with E-state index in [0.29, 0.717) is 25.9 Å². The van der Waals surface area contributed by atoms with E-state index < -0.39 is 30.0 Å². The van der Waals surface area contributed by atoms with Crippen molar-refractivity contribution in [2.24, 2.45) is 5.73 Å². The third-order valence-electron chi connectivity index (χ3n) is 4.55. The second-order valence-electron chi connectivity index (χ2n) is 7.06. The second kappa shape index (κ2) is 14.5. The third-order valence-corrected chi connectivity index (χ3v) is 4.55. The number of carbonyl (C=O) groups excluding carboxylic acids is 2. The van der Waals surface area contributed by atoms with Crippen LogP contribution < -0.4 is 25.8 Å². The monoisotopic (exact) mass is 499 g/mol. The highest BCUT2D eigenvalue weighted by Crippen LogP contribution is 2.13. The van der Waals surface area contributed by atoms with E-state index in [9.17, 15) is 22.8 Å². The summed E-state index contributed by atoms with van der Waals surface area (Å²) in [4.78, 5) is 33.0. The first-order chi connectivity index (χ1) is 16.5. The van der Waals surface area contributed by atoms with Crippen LogP contribution in [0.5, 0.6) is 11.5 Å². The Morgan fingerprint density at radius 1 is 0.829 bits per heavy atom. The van der Waals surface area contributed by atoms with Gasteiger partial charge in [-0.1, -0.05) is 24.3 Å². The highest BCUT2D eigenvalue weighted by Gasteiger charge is 2.38. The number of hydrogen-bond donors (Lipinski definition) is 4. The number of nitrogens with one attached hydrogen (secondary N) is 2. The summed E-state index contributed by atoms with van der Waals surface area (Å²) in [5, 5.41) is 12.5. The number of aliphatic carboxylic acids is 1. The Hall–Kier alpha value is -3.80. The molecule has 2 aromatic carbocycles. The molecule has 0 aromatic heterocycles. The molecule has 0 saturated heterocycles. The quantitative estimate of drug-likeness (QED) is 0.365. The van der Waals surface area contributed by atoms with Crippen molar-refractivity contribution in [2.45, 2.75) is 25.1 Å². The lowest BCUT2D eigenvalue weighted by Gasteiger charge is -2.13. The molecule has 0 fully saturated rings. The molecule has 35 heavy (non-hydrogen) atoms. The Labute approximate surface area is 200 Å². The number of nitrogens with two attached hydrogens (primary N) is 1. The van der Waals surface area contributed by atoms with Gasteiger partial charge in [0.05, 0.1) is 14.2 Å². The van der Waals surface area contributed by atoms with E-state index in [1.165, 1.54) is 0 Å². The average molecular weight is 499 g/mol. The van der Waals surface area contributed by atoms with Gasteiger partial charge in [-0.3, -0.25) is 9.59 Å². The van der Waals surface area contributed by atoms with E-state index in [1.807, 2.05) is 48.5 Å². The van der Waals surface area contributed by atoms with Gasteiger partial charge in [0.1, 0.15) is 11.5 Å². The highest BCUT2D eigenvalue weighted by atomic mass is 19.4. The van der Waals surface area contributed by atoms with Crippen molar-refractivity contribution in [3.8, 4) is 11.5 Å². The second-order valence-corrected chi connectivity index (χ2v) is 7.06. The lowest BCUT2D eigenvalue weighted by molar-refractivity contribution is -0.192. The molecular weight excluding hydrogens is 471 g/mol. The van der Waals surface area contributed by atoms with Gasteiger partial charge in [0, 0.05) is 13.1 Å². The molecule has 5 N–H and O–H groups in total. The molecular formula is C23H28F3N3O6. The van der Waals surface area contributed by atoms with Gasteiger partial charge < -0.3 is 30.9 Å². The fourth-order valence-corrected chi connectivity index (χ4v) is 2.58. The maximum Gasteiger partial charge on any atom is 0.490 e. The Morgan fingerprint density at radius 3 is 1.40 bits per heavy atom. The molecule has 0 aliphatic heterocycles. The molecule has 0 radical (unpaired) electrons. The number of amides is 2. The number of halogens is 3. The van der Waals surface area contributed by atoms with Crippen LogP contribution in [0.25, 0.3) is 0 Å². The number of carboxylic acids is 1. The van der Waals surface area contributed by atoms with Crippen LogP contribution in [0, 0.1) is 0 Å². The molecule has 0 atom stereocenters. The fourth-order valence-electron chi connectivity index (χ4n) is 2.58. The molecule has 192 valence electrons. The maximum absolute atomic E-state index is 12.0. The molecule has 0 aliphatic carbocycles. The van der Waals surface area contributed by atoms with E-state index in [2.05, 4.69) is 10.6 Å². The number of carboxylic acid groups (broad SMARTS) is 1. The molecule has 2 aromatic rings. The molecule has 0 aliphatic rings. The molecule has 12 heteroatoms. The van der Waals surface area contributed by atoms with Crippen molar-refractivity contribution in [3.05, 3.63) is 59.7 Å². The first-order valence-corrected chi connectivity index (χ1v) is 10.3. The normalized spacial score (nSPS) is 10.6. The van der Waals surface area contributed by atoms with Gasteiger partial charge >= 0.3 is 12.1 Å². The fraction of sp³-hybridized carbons (Fsp3) is 0.348. The summed E-state index contributed by atoms with van der Waals surface area (Å²) >= 11 is 0. The van der Waals surface area contributed by atoms with Gasteiger partial charge in [-0.05, 0) is 48.2 Å². The predicted molar refractivity (Wildman–Crippen MR) is 121 cm³/mol. The summed E-state index contributed by atoms with van der Waals surface area (Å²) in [5.74, 6) is -2.18. The summed E-state index contributed by atoms with van der Waals surface area (Å²) in [7, 11) is 3.22. The van der Waals surface area contributed by atoms with E-state index in [-0.39, 0.29) is 0 Å². The van der Waals surface area contributed by atoms with Gasteiger partial charge in [-0.2, -0.15) is 13.2 Å². The number of rotatable bonds is 10. The van der Waals surface area contributed by atoms with Gasteiger partial charge in [0.2, 0.25) is 11.8 Å². The minimum atomic E-state index is -5.08. The van der Waals surface area contributed by atoms with E-state index in [1.54, 1.807) is 14.2 Å². The number of carbonyl (C=O) groups is 3. The molecule has 0 saturated carbocycles. The number of hydrogen-bond acceptors (Lipinski definition) is 6. The van der Waals surface area contributed by atoms with E-state index in [4.69, 9.17) is 25.1 Å². The van der Waals surface area contributed by atoms with Gasteiger partial charge in [0.15, 0.2) is 6.04 Å². The number of ether oxygens (including phenoxy) is 2. The lowest BCUT2D eigenvalue weighted by atomic mass is 10.1. The Kier molecular flexibility index (Phi) is 12.1. The SMILES string of the molecule is COc1ccc(CCNC(=O)C(N)C(=O)NCCc2ccc(OC)cc2)cc1.O=C(O)C(F)(F)F.